The second-order valence-corrected chi connectivity index (χ2v) is 12.1. The second-order valence-electron chi connectivity index (χ2n) is 7.36. The fraction of sp³-hybridized carbons (Fsp3) is 0.778. The van der Waals surface area contributed by atoms with Crippen molar-refractivity contribution in [2.24, 2.45) is 11.3 Å². The predicted octanol–water partition coefficient (Wildman–Crippen LogP) is 3.39. The topological polar surface area (TPSA) is 49.7 Å². The molecule has 0 radical (unpaired) electrons. The van der Waals surface area contributed by atoms with Gasteiger partial charge in [-0.1, -0.05) is 38.5 Å². The maximum absolute atomic E-state index is 11.0. The Balaban J connectivity index is 1.96. The summed E-state index contributed by atoms with van der Waals surface area (Å²) in [6.07, 6.45) is 4.88. The summed E-state index contributed by atoms with van der Waals surface area (Å²) in [7, 11) is -1.76. The van der Waals surface area contributed by atoms with Gasteiger partial charge in [-0.2, -0.15) is 0 Å². The normalized spacial score (nSPS) is 36.1. The van der Waals surface area contributed by atoms with Gasteiger partial charge in [-0.3, -0.25) is 0 Å². The van der Waals surface area contributed by atoms with Crippen molar-refractivity contribution < 1.29 is 14.6 Å². The van der Waals surface area contributed by atoms with E-state index in [0.717, 1.165) is 36.5 Å². The molecule has 4 heteroatoms. The second kappa shape index (κ2) is 5.59. The molecule has 0 aromatic carbocycles. The van der Waals surface area contributed by atoms with Gasteiger partial charge in [-0.15, -0.1) is 0 Å². The van der Waals surface area contributed by atoms with Crippen LogP contribution in [0.2, 0.25) is 18.1 Å². The van der Waals surface area contributed by atoms with Crippen LogP contribution in [0, 0.1) is 11.3 Å². The van der Waals surface area contributed by atoms with Crippen LogP contribution in [0.4, 0.5) is 0 Å². The lowest BCUT2D eigenvalue weighted by molar-refractivity contribution is -0.0328. The standard InChI is InChI=1S/C18H30O3Si/c1-5-22(6-2,7-3)21-17-16(20)13-8-9-14(19)15(13)12(4)18(17)10-11-18/h8-9,13-14,16-17,19-20H,5-7,10-11H2,1-4H3/t13-,14?,16-,17-/m0/s1. The Morgan fingerprint density at radius 2 is 1.73 bits per heavy atom. The molecule has 2 N–H and O–H groups in total. The number of aliphatic hydroxyl groups excluding tert-OH is 2. The van der Waals surface area contributed by atoms with E-state index in [4.69, 9.17) is 4.43 Å². The van der Waals surface area contributed by atoms with E-state index in [1.165, 1.54) is 5.57 Å². The van der Waals surface area contributed by atoms with Crippen molar-refractivity contribution in [3.63, 3.8) is 0 Å². The number of fused-ring (bicyclic) bond motifs is 1. The molecule has 0 aromatic heterocycles. The van der Waals surface area contributed by atoms with Gasteiger partial charge in [0.05, 0.1) is 18.3 Å². The van der Waals surface area contributed by atoms with Crippen LogP contribution in [0.3, 0.4) is 0 Å². The van der Waals surface area contributed by atoms with Crippen molar-refractivity contribution in [2.45, 2.75) is 77.0 Å². The van der Waals surface area contributed by atoms with Crippen LogP contribution >= 0.6 is 0 Å². The quantitative estimate of drug-likeness (QED) is 0.602. The lowest BCUT2D eigenvalue weighted by Crippen LogP contribution is -2.53. The van der Waals surface area contributed by atoms with Gasteiger partial charge in [0.1, 0.15) is 0 Å². The third-order valence-electron chi connectivity index (χ3n) is 6.68. The van der Waals surface area contributed by atoms with Crippen LogP contribution in [-0.4, -0.2) is 36.8 Å². The third-order valence-corrected chi connectivity index (χ3v) is 11.3. The van der Waals surface area contributed by atoms with Gasteiger partial charge < -0.3 is 14.6 Å². The Morgan fingerprint density at radius 1 is 1.14 bits per heavy atom. The highest BCUT2D eigenvalue weighted by molar-refractivity contribution is 6.73. The minimum absolute atomic E-state index is 0.00396. The Hall–Kier alpha value is -0.423. The van der Waals surface area contributed by atoms with Gasteiger partial charge in [0.25, 0.3) is 0 Å². The highest BCUT2D eigenvalue weighted by Crippen LogP contribution is 2.62. The molecule has 0 aliphatic heterocycles. The zero-order chi connectivity index (χ0) is 16.1. The van der Waals surface area contributed by atoms with Crippen molar-refractivity contribution in [3.05, 3.63) is 23.3 Å². The summed E-state index contributed by atoms with van der Waals surface area (Å²) in [5, 5.41) is 21.2. The molecule has 1 unspecified atom stereocenters. The molecule has 1 spiro atoms. The van der Waals surface area contributed by atoms with Crippen LogP contribution in [-0.2, 0) is 4.43 Å². The molecule has 1 fully saturated rings. The summed E-state index contributed by atoms with van der Waals surface area (Å²) in [5.41, 5.74) is 2.33. The third kappa shape index (κ3) is 2.19. The number of rotatable bonds is 5. The molecule has 1 saturated carbocycles. The first-order valence-electron chi connectivity index (χ1n) is 8.88. The molecular weight excluding hydrogens is 292 g/mol. The first-order valence-corrected chi connectivity index (χ1v) is 11.4. The molecule has 3 rings (SSSR count). The van der Waals surface area contributed by atoms with Crippen LogP contribution < -0.4 is 0 Å². The minimum atomic E-state index is -1.76. The highest BCUT2D eigenvalue weighted by Gasteiger charge is 2.61. The van der Waals surface area contributed by atoms with Crippen LogP contribution in [0.1, 0.15) is 40.5 Å². The molecule has 3 aliphatic carbocycles. The van der Waals surface area contributed by atoms with Crippen molar-refractivity contribution in [1.82, 2.24) is 0 Å². The zero-order valence-electron chi connectivity index (χ0n) is 14.3. The van der Waals surface area contributed by atoms with Crippen LogP contribution in [0.15, 0.2) is 23.3 Å². The molecule has 124 valence electrons. The van der Waals surface area contributed by atoms with Gasteiger partial charge in [0.2, 0.25) is 0 Å². The van der Waals surface area contributed by atoms with Crippen molar-refractivity contribution >= 4 is 8.32 Å². The average molecular weight is 323 g/mol. The summed E-state index contributed by atoms with van der Waals surface area (Å²) >= 11 is 0. The summed E-state index contributed by atoms with van der Waals surface area (Å²) in [4.78, 5) is 0. The van der Waals surface area contributed by atoms with Crippen molar-refractivity contribution in [2.75, 3.05) is 0 Å². The van der Waals surface area contributed by atoms with E-state index >= 15 is 0 Å². The van der Waals surface area contributed by atoms with Crippen molar-refractivity contribution in [3.8, 4) is 0 Å². The smallest absolute Gasteiger partial charge is 0.192 e. The predicted molar refractivity (Wildman–Crippen MR) is 91.1 cm³/mol. The van der Waals surface area contributed by atoms with E-state index in [1.807, 2.05) is 12.2 Å². The van der Waals surface area contributed by atoms with Gasteiger partial charge >= 0.3 is 0 Å². The molecule has 0 bridgehead atoms. The molecule has 22 heavy (non-hydrogen) atoms. The number of hydrogen-bond donors (Lipinski definition) is 2. The summed E-state index contributed by atoms with van der Waals surface area (Å²) in [5.74, 6) is -0.0523. The lowest BCUT2D eigenvalue weighted by Gasteiger charge is -2.46. The lowest BCUT2D eigenvalue weighted by atomic mass is 9.72. The Bertz CT molecular complexity index is 494. The molecular formula is C18H30O3Si. The SMILES string of the molecule is CC[Si](CC)(CC)O[C@H]1[C@@H](O)[C@H]2C=CC(O)C2=C(C)C12CC2. The van der Waals surface area contributed by atoms with Gasteiger partial charge in [0.15, 0.2) is 8.32 Å². The number of aliphatic hydroxyl groups is 2. The average Bonchev–Trinajstić information content (AvgIpc) is 3.23. The maximum atomic E-state index is 11.0. The molecule has 3 aliphatic rings. The molecule has 0 aromatic rings. The fourth-order valence-corrected chi connectivity index (χ4v) is 7.56. The molecule has 0 heterocycles. The minimum Gasteiger partial charge on any atom is -0.410 e. The summed E-state index contributed by atoms with van der Waals surface area (Å²) in [6.45, 7) is 8.87. The largest absolute Gasteiger partial charge is 0.410 e. The summed E-state index contributed by atoms with van der Waals surface area (Å²) in [6, 6.07) is 3.33. The van der Waals surface area contributed by atoms with E-state index in [-0.39, 0.29) is 17.4 Å². The van der Waals surface area contributed by atoms with Gasteiger partial charge in [-0.05, 0) is 43.5 Å². The van der Waals surface area contributed by atoms with Gasteiger partial charge in [-0.25, -0.2) is 0 Å². The first kappa shape index (κ1) is 16.4. The van der Waals surface area contributed by atoms with Crippen LogP contribution in [0.5, 0.6) is 0 Å². The van der Waals surface area contributed by atoms with E-state index in [2.05, 4.69) is 27.7 Å². The highest BCUT2D eigenvalue weighted by atomic mass is 28.4. The Morgan fingerprint density at radius 3 is 2.23 bits per heavy atom. The van der Waals surface area contributed by atoms with E-state index in [9.17, 15) is 10.2 Å². The Kier molecular flexibility index (Phi) is 4.17. The van der Waals surface area contributed by atoms with E-state index in [1.54, 1.807) is 0 Å². The molecule has 4 atom stereocenters. The zero-order valence-corrected chi connectivity index (χ0v) is 15.3. The number of hydrogen-bond acceptors (Lipinski definition) is 3. The van der Waals surface area contributed by atoms with E-state index in [0.29, 0.717) is 0 Å². The van der Waals surface area contributed by atoms with E-state index < -0.39 is 20.5 Å². The monoisotopic (exact) mass is 322 g/mol. The molecule has 0 amide bonds. The van der Waals surface area contributed by atoms with Gasteiger partial charge in [0, 0.05) is 11.3 Å². The molecule has 3 nitrogen and oxygen atoms in total. The maximum Gasteiger partial charge on any atom is 0.192 e. The summed E-state index contributed by atoms with van der Waals surface area (Å²) < 4.78 is 6.77. The molecule has 0 saturated heterocycles. The first-order chi connectivity index (χ1) is 10.4. The fourth-order valence-electron chi connectivity index (χ4n) is 4.66. The Labute approximate surface area is 135 Å². The van der Waals surface area contributed by atoms with Crippen LogP contribution in [0.25, 0.3) is 0 Å². The van der Waals surface area contributed by atoms with Crippen molar-refractivity contribution in [1.29, 1.82) is 0 Å².